The van der Waals surface area contributed by atoms with Gasteiger partial charge >= 0.3 is 5.97 Å². The molecule has 0 saturated heterocycles. The van der Waals surface area contributed by atoms with Gasteiger partial charge in [0.15, 0.2) is 0 Å². The van der Waals surface area contributed by atoms with Gasteiger partial charge in [-0.05, 0) is 37.3 Å². The molecule has 0 unspecified atom stereocenters. The lowest BCUT2D eigenvalue weighted by atomic mass is 10.1. The molecular weight excluding hydrogens is 264 g/mol. The summed E-state index contributed by atoms with van der Waals surface area (Å²) < 4.78 is 11.3. The first kappa shape index (κ1) is 13.9. The molecule has 0 radical (unpaired) electrons. The fraction of sp³-hybridized carbons (Fsp3) is 0.389. The van der Waals surface area contributed by atoms with Crippen molar-refractivity contribution in [3.05, 3.63) is 59.1 Å². The Balaban J connectivity index is 1.69. The summed E-state index contributed by atoms with van der Waals surface area (Å²) in [6, 6.07) is 9.68. The van der Waals surface area contributed by atoms with Crippen molar-refractivity contribution >= 4 is 5.97 Å². The molecule has 1 atom stereocenters. The van der Waals surface area contributed by atoms with Crippen molar-refractivity contribution in [1.29, 1.82) is 0 Å². The first-order valence-electron chi connectivity index (χ1n) is 7.60. The fourth-order valence-corrected chi connectivity index (χ4v) is 3.10. The highest BCUT2D eigenvalue weighted by molar-refractivity contribution is 5.74. The molecule has 1 saturated carbocycles. The molecule has 21 heavy (non-hydrogen) atoms. The van der Waals surface area contributed by atoms with E-state index in [1.807, 2.05) is 43.3 Å². The Morgan fingerprint density at radius 1 is 1.29 bits per heavy atom. The minimum absolute atomic E-state index is 0.205. The lowest BCUT2D eigenvalue weighted by Gasteiger charge is -2.11. The fourth-order valence-electron chi connectivity index (χ4n) is 3.10. The summed E-state index contributed by atoms with van der Waals surface area (Å²) in [5, 5.41) is 0. The zero-order valence-corrected chi connectivity index (χ0v) is 12.3. The molecule has 1 fully saturated rings. The van der Waals surface area contributed by atoms with Gasteiger partial charge in [-0.25, -0.2) is 0 Å². The maximum absolute atomic E-state index is 12.1. The Morgan fingerprint density at radius 2 is 2.10 bits per heavy atom. The van der Waals surface area contributed by atoms with E-state index in [0.29, 0.717) is 18.9 Å². The second-order valence-electron chi connectivity index (χ2n) is 5.45. The second kappa shape index (κ2) is 6.17. The number of benzene rings is 1. The van der Waals surface area contributed by atoms with Crippen LogP contribution in [-0.4, -0.2) is 12.6 Å². The standard InChI is InChI=1S/C18H20O3/c1-2-20-16-12-17(15-10-6-9-14(15)16)21-18(19)11-13-7-4-3-5-8-13/h3-5,7-8,12,14H,2,6,9-11H2,1H3/t14-/m0/s1. The van der Waals surface area contributed by atoms with Gasteiger partial charge < -0.3 is 9.47 Å². The summed E-state index contributed by atoms with van der Waals surface area (Å²) in [6.45, 7) is 2.63. The summed E-state index contributed by atoms with van der Waals surface area (Å²) >= 11 is 0. The molecule has 0 aromatic heterocycles. The Kier molecular flexibility index (Phi) is 4.09. The number of carbonyl (C=O) groups is 1. The smallest absolute Gasteiger partial charge is 0.315 e. The van der Waals surface area contributed by atoms with E-state index in [4.69, 9.17) is 9.47 Å². The molecule has 1 aromatic carbocycles. The number of esters is 1. The van der Waals surface area contributed by atoms with Crippen molar-refractivity contribution < 1.29 is 14.3 Å². The predicted octanol–water partition coefficient (Wildman–Crippen LogP) is 3.76. The van der Waals surface area contributed by atoms with Gasteiger partial charge in [0, 0.05) is 12.0 Å². The molecule has 0 bridgehead atoms. The zero-order valence-electron chi connectivity index (χ0n) is 12.3. The average Bonchev–Trinajstić information content (AvgIpc) is 3.06. The van der Waals surface area contributed by atoms with Gasteiger partial charge in [-0.1, -0.05) is 30.3 Å². The van der Waals surface area contributed by atoms with Crippen LogP contribution in [0.1, 0.15) is 31.7 Å². The van der Waals surface area contributed by atoms with Crippen LogP contribution in [0.5, 0.6) is 0 Å². The third-order valence-corrected chi connectivity index (χ3v) is 4.02. The summed E-state index contributed by atoms with van der Waals surface area (Å²) in [4.78, 5) is 12.1. The van der Waals surface area contributed by atoms with Crippen LogP contribution in [0.4, 0.5) is 0 Å². The van der Waals surface area contributed by atoms with Crippen molar-refractivity contribution in [2.24, 2.45) is 5.92 Å². The number of hydrogen-bond acceptors (Lipinski definition) is 3. The summed E-state index contributed by atoms with van der Waals surface area (Å²) in [6.07, 6.45) is 5.46. The summed E-state index contributed by atoms with van der Waals surface area (Å²) in [5.41, 5.74) is 2.21. The minimum atomic E-state index is -0.205. The molecule has 0 heterocycles. The van der Waals surface area contributed by atoms with Gasteiger partial charge in [-0.2, -0.15) is 0 Å². The maximum Gasteiger partial charge on any atom is 0.315 e. The quantitative estimate of drug-likeness (QED) is 0.772. The van der Waals surface area contributed by atoms with Gasteiger partial charge in [0.25, 0.3) is 0 Å². The van der Waals surface area contributed by atoms with Gasteiger partial charge in [0.05, 0.1) is 13.0 Å². The van der Waals surface area contributed by atoms with Gasteiger partial charge in [-0.3, -0.25) is 4.79 Å². The summed E-state index contributed by atoms with van der Waals surface area (Å²) in [5.74, 6) is 1.82. The molecule has 2 aliphatic rings. The molecule has 3 nitrogen and oxygen atoms in total. The molecule has 0 spiro atoms. The largest absolute Gasteiger partial charge is 0.497 e. The molecule has 1 aromatic rings. The van der Waals surface area contributed by atoms with Gasteiger partial charge in [-0.15, -0.1) is 0 Å². The van der Waals surface area contributed by atoms with E-state index < -0.39 is 0 Å². The van der Waals surface area contributed by atoms with Crippen molar-refractivity contribution in [1.82, 2.24) is 0 Å². The highest BCUT2D eigenvalue weighted by Gasteiger charge is 2.34. The Morgan fingerprint density at radius 3 is 2.86 bits per heavy atom. The molecule has 3 rings (SSSR count). The predicted molar refractivity (Wildman–Crippen MR) is 80.3 cm³/mol. The van der Waals surface area contributed by atoms with Crippen LogP contribution in [0.2, 0.25) is 0 Å². The third kappa shape index (κ3) is 3.02. The first-order valence-corrected chi connectivity index (χ1v) is 7.60. The van der Waals surface area contributed by atoms with Crippen LogP contribution < -0.4 is 0 Å². The van der Waals surface area contributed by atoms with Crippen molar-refractivity contribution in [3.63, 3.8) is 0 Å². The number of allylic oxidation sites excluding steroid dienone is 2. The minimum Gasteiger partial charge on any atom is -0.497 e. The molecule has 0 aliphatic heterocycles. The highest BCUT2D eigenvalue weighted by Crippen LogP contribution is 2.44. The monoisotopic (exact) mass is 284 g/mol. The van der Waals surface area contributed by atoms with Gasteiger partial charge in [0.2, 0.25) is 0 Å². The number of fused-ring (bicyclic) bond motifs is 1. The first-order chi connectivity index (χ1) is 10.3. The van der Waals surface area contributed by atoms with Crippen LogP contribution in [0.3, 0.4) is 0 Å². The van der Waals surface area contributed by atoms with Crippen LogP contribution >= 0.6 is 0 Å². The van der Waals surface area contributed by atoms with E-state index in [-0.39, 0.29) is 5.97 Å². The molecular formula is C18H20O3. The maximum atomic E-state index is 12.1. The molecule has 2 aliphatic carbocycles. The van der Waals surface area contributed by atoms with Crippen LogP contribution in [0.25, 0.3) is 0 Å². The van der Waals surface area contributed by atoms with Crippen LogP contribution in [0.15, 0.2) is 53.5 Å². The zero-order chi connectivity index (χ0) is 14.7. The number of hydrogen-bond donors (Lipinski definition) is 0. The lowest BCUT2D eigenvalue weighted by molar-refractivity contribution is -0.138. The SMILES string of the molecule is CCOC1=CC(OC(=O)Cc2ccccc2)=C2CCC[C@H]12. The average molecular weight is 284 g/mol. The third-order valence-electron chi connectivity index (χ3n) is 4.02. The molecule has 110 valence electrons. The second-order valence-corrected chi connectivity index (χ2v) is 5.45. The van der Waals surface area contributed by atoms with Crippen LogP contribution in [-0.2, 0) is 20.7 Å². The molecule has 3 heteroatoms. The molecule has 0 N–H and O–H groups in total. The van der Waals surface area contributed by atoms with E-state index >= 15 is 0 Å². The van der Waals surface area contributed by atoms with Crippen molar-refractivity contribution in [2.75, 3.05) is 6.61 Å². The van der Waals surface area contributed by atoms with E-state index in [1.54, 1.807) is 0 Å². The Labute approximate surface area is 125 Å². The number of carbonyl (C=O) groups excluding carboxylic acids is 1. The normalized spacial score (nSPS) is 20.2. The van der Waals surface area contributed by atoms with Gasteiger partial charge in [0.1, 0.15) is 11.5 Å². The molecule has 0 amide bonds. The van der Waals surface area contributed by atoms with Crippen LogP contribution in [0, 0.1) is 5.92 Å². The topological polar surface area (TPSA) is 35.5 Å². The van der Waals surface area contributed by atoms with E-state index in [0.717, 1.165) is 36.3 Å². The van der Waals surface area contributed by atoms with E-state index in [1.165, 1.54) is 5.57 Å². The Hall–Kier alpha value is -2.03. The highest BCUT2D eigenvalue weighted by atomic mass is 16.5. The number of ether oxygens (including phenoxy) is 2. The lowest BCUT2D eigenvalue weighted by Crippen LogP contribution is -2.07. The Bertz CT molecular complexity index is 584. The van der Waals surface area contributed by atoms with E-state index in [9.17, 15) is 4.79 Å². The number of rotatable bonds is 5. The van der Waals surface area contributed by atoms with Crippen molar-refractivity contribution in [3.8, 4) is 0 Å². The van der Waals surface area contributed by atoms with Crippen molar-refractivity contribution in [2.45, 2.75) is 32.6 Å². The van der Waals surface area contributed by atoms with E-state index in [2.05, 4.69) is 0 Å². The summed E-state index contributed by atoms with van der Waals surface area (Å²) in [7, 11) is 0.